The number of hydrogen-bond acceptors (Lipinski definition) is 3. The molecule has 0 bridgehead atoms. The summed E-state index contributed by atoms with van der Waals surface area (Å²) in [6.07, 6.45) is 0. The Labute approximate surface area is 141 Å². The van der Waals surface area contributed by atoms with Crippen molar-refractivity contribution in [3.63, 3.8) is 0 Å². The van der Waals surface area contributed by atoms with Gasteiger partial charge in [-0.3, -0.25) is 9.52 Å². The van der Waals surface area contributed by atoms with Crippen LogP contribution in [0.3, 0.4) is 0 Å². The monoisotopic (exact) mass is 350 g/mol. The molecule has 0 aliphatic heterocycles. The molecular formula is C17H19FN2O3S. The predicted molar refractivity (Wildman–Crippen MR) is 90.9 cm³/mol. The zero-order valence-electron chi connectivity index (χ0n) is 13.6. The Morgan fingerprint density at radius 1 is 0.958 bits per heavy atom. The van der Waals surface area contributed by atoms with Crippen molar-refractivity contribution < 1.29 is 17.6 Å². The van der Waals surface area contributed by atoms with Crippen LogP contribution in [0.2, 0.25) is 0 Å². The fourth-order valence-electron chi connectivity index (χ4n) is 1.93. The molecule has 24 heavy (non-hydrogen) atoms. The second-order valence-corrected chi connectivity index (χ2v) is 8.02. The van der Waals surface area contributed by atoms with Crippen molar-refractivity contribution in [2.45, 2.75) is 31.2 Å². The molecule has 0 saturated carbocycles. The average Bonchev–Trinajstić information content (AvgIpc) is 2.46. The van der Waals surface area contributed by atoms with Gasteiger partial charge in [-0.25, -0.2) is 12.8 Å². The summed E-state index contributed by atoms with van der Waals surface area (Å²) in [6, 6.07) is 10.6. The number of halogens is 1. The highest BCUT2D eigenvalue weighted by Crippen LogP contribution is 2.17. The molecule has 0 radical (unpaired) electrons. The van der Waals surface area contributed by atoms with Gasteiger partial charge in [-0.1, -0.05) is 0 Å². The predicted octanol–water partition coefficient (Wildman–Crippen LogP) is 3.15. The van der Waals surface area contributed by atoms with Crippen molar-refractivity contribution >= 4 is 21.6 Å². The van der Waals surface area contributed by atoms with E-state index in [0.717, 1.165) is 12.1 Å². The number of carbonyl (C=O) groups excluding carboxylic acids is 1. The van der Waals surface area contributed by atoms with Gasteiger partial charge in [0.2, 0.25) is 0 Å². The van der Waals surface area contributed by atoms with E-state index in [1.807, 2.05) is 20.8 Å². The number of hydrogen-bond donors (Lipinski definition) is 2. The Morgan fingerprint density at radius 3 is 2.00 bits per heavy atom. The molecule has 1 amide bonds. The molecule has 5 nitrogen and oxygen atoms in total. The SMILES string of the molecule is CC(C)(C)NC(=O)c1ccc(NS(=O)(=O)c2ccc(F)cc2)cc1. The van der Waals surface area contributed by atoms with Crippen LogP contribution in [0.4, 0.5) is 10.1 Å². The van der Waals surface area contributed by atoms with E-state index in [-0.39, 0.29) is 16.3 Å². The maximum Gasteiger partial charge on any atom is 0.261 e. The van der Waals surface area contributed by atoms with Crippen LogP contribution in [0.5, 0.6) is 0 Å². The molecule has 128 valence electrons. The number of rotatable bonds is 4. The Kier molecular flexibility index (Phi) is 4.94. The number of amides is 1. The summed E-state index contributed by atoms with van der Waals surface area (Å²) in [5.41, 5.74) is 0.376. The summed E-state index contributed by atoms with van der Waals surface area (Å²) in [4.78, 5) is 12.0. The van der Waals surface area contributed by atoms with Gasteiger partial charge in [-0.2, -0.15) is 0 Å². The average molecular weight is 350 g/mol. The minimum atomic E-state index is -3.81. The van der Waals surface area contributed by atoms with Crippen LogP contribution >= 0.6 is 0 Å². The maximum atomic E-state index is 12.9. The van der Waals surface area contributed by atoms with Crippen molar-refractivity contribution in [1.29, 1.82) is 0 Å². The van der Waals surface area contributed by atoms with E-state index < -0.39 is 15.8 Å². The smallest absolute Gasteiger partial charge is 0.261 e. The Bertz CT molecular complexity index is 824. The van der Waals surface area contributed by atoms with Gasteiger partial charge >= 0.3 is 0 Å². The molecule has 0 aliphatic carbocycles. The van der Waals surface area contributed by atoms with Gasteiger partial charge in [-0.05, 0) is 69.3 Å². The van der Waals surface area contributed by atoms with Gasteiger partial charge in [0.15, 0.2) is 0 Å². The third-order valence-electron chi connectivity index (χ3n) is 3.01. The summed E-state index contributed by atoms with van der Waals surface area (Å²) in [7, 11) is -3.81. The van der Waals surface area contributed by atoms with E-state index in [1.165, 1.54) is 36.4 Å². The van der Waals surface area contributed by atoms with E-state index in [4.69, 9.17) is 0 Å². The lowest BCUT2D eigenvalue weighted by Crippen LogP contribution is -2.40. The standard InChI is InChI=1S/C17H19FN2O3S/c1-17(2,3)19-16(21)12-4-8-14(9-5-12)20-24(22,23)15-10-6-13(18)7-11-15/h4-11,20H,1-3H3,(H,19,21). The van der Waals surface area contributed by atoms with Gasteiger partial charge in [0.1, 0.15) is 5.82 Å². The van der Waals surface area contributed by atoms with Crippen LogP contribution in [0.1, 0.15) is 31.1 Å². The zero-order valence-corrected chi connectivity index (χ0v) is 14.4. The fraction of sp³-hybridized carbons (Fsp3) is 0.235. The van der Waals surface area contributed by atoms with Crippen LogP contribution in [0.15, 0.2) is 53.4 Å². The summed E-state index contributed by atoms with van der Waals surface area (Å²) in [6.45, 7) is 5.61. The van der Waals surface area contributed by atoms with E-state index in [0.29, 0.717) is 11.3 Å². The number of carbonyl (C=O) groups is 1. The molecule has 2 N–H and O–H groups in total. The summed E-state index contributed by atoms with van der Waals surface area (Å²) >= 11 is 0. The van der Waals surface area contributed by atoms with E-state index in [9.17, 15) is 17.6 Å². The molecular weight excluding hydrogens is 331 g/mol. The second kappa shape index (κ2) is 6.60. The molecule has 2 aromatic rings. The lowest BCUT2D eigenvalue weighted by atomic mass is 10.1. The lowest BCUT2D eigenvalue weighted by molar-refractivity contribution is 0.0919. The molecule has 0 saturated heterocycles. The van der Waals surface area contributed by atoms with Gasteiger partial charge in [-0.15, -0.1) is 0 Å². The number of nitrogens with one attached hydrogen (secondary N) is 2. The Morgan fingerprint density at radius 2 is 1.50 bits per heavy atom. The van der Waals surface area contributed by atoms with E-state index >= 15 is 0 Å². The fourth-order valence-corrected chi connectivity index (χ4v) is 2.99. The normalized spacial score (nSPS) is 11.8. The highest BCUT2D eigenvalue weighted by molar-refractivity contribution is 7.92. The summed E-state index contributed by atoms with van der Waals surface area (Å²) in [5, 5.41) is 2.82. The van der Waals surface area contributed by atoms with Gasteiger partial charge in [0, 0.05) is 16.8 Å². The first kappa shape index (κ1) is 17.9. The quantitative estimate of drug-likeness (QED) is 0.889. The van der Waals surface area contributed by atoms with Crippen LogP contribution in [-0.4, -0.2) is 19.9 Å². The molecule has 0 unspecified atom stereocenters. The van der Waals surface area contributed by atoms with Crippen molar-refractivity contribution in [2.24, 2.45) is 0 Å². The molecule has 0 heterocycles. The number of sulfonamides is 1. The topological polar surface area (TPSA) is 75.3 Å². The largest absolute Gasteiger partial charge is 0.347 e. The van der Waals surface area contributed by atoms with Gasteiger partial charge < -0.3 is 5.32 Å². The van der Waals surface area contributed by atoms with Crippen LogP contribution in [0.25, 0.3) is 0 Å². The van der Waals surface area contributed by atoms with Crippen LogP contribution < -0.4 is 10.0 Å². The van der Waals surface area contributed by atoms with E-state index in [1.54, 1.807) is 0 Å². The van der Waals surface area contributed by atoms with Gasteiger partial charge in [0.25, 0.3) is 15.9 Å². The zero-order chi connectivity index (χ0) is 18.0. The van der Waals surface area contributed by atoms with Crippen molar-refractivity contribution in [3.05, 3.63) is 59.9 Å². The van der Waals surface area contributed by atoms with Crippen LogP contribution in [0, 0.1) is 5.82 Å². The molecule has 0 aliphatic rings. The van der Waals surface area contributed by atoms with Crippen molar-refractivity contribution in [2.75, 3.05) is 4.72 Å². The first-order chi connectivity index (χ1) is 11.1. The third-order valence-corrected chi connectivity index (χ3v) is 4.41. The number of benzene rings is 2. The minimum Gasteiger partial charge on any atom is -0.347 e. The molecule has 0 atom stereocenters. The first-order valence-electron chi connectivity index (χ1n) is 7.28. The number of anilines is 1. The molecule has 0 aromatic heterocycles. The van der Waals surface area contributed by atoms with Crippen molar-refractivity contribution in [1.82, 2.24) is 5.32 Å². The highest BCUT2D eigenvalue weighted by atomic mass is 32.2. The van der Waals surface area contributed by atoms with Crippen molar-refractivity contribution in [3.8, 4) is 0 Å². The molecule has 0 fully saturated rings. The first-order valence-corrected chi connectivity index (χ1v) is 8.76. The molecule has 2 aromatic carbocycles. The third kappa shape index (κ3) is 4.79. The Balaban J connectivity index is 2.14. The second-order valence-electron chi connectivity index (χ2n) is 6.34. The molecule has 0 spiro atoms. The highest BCUT2D eigenvalue weighted by Gasteiger charge is 2.17. The van der Waals surface area contributed by atoms with Crippen LogP contribution in [-0.2, 0) is 10.0 Å². The minimum absolute atomic E-state index is 0.0431. The molecule has 7 heteroatoms. The lowest BCUT2D eigenvalue weighted by Gasteiger charge is -2.20. The van der Waals surface area contributed by atoms with Gasteiger partial charge in [0.05, 0.1) is 4.90 Å². The maximum absolute atomic E-state index is 12.9. The summed E-state index contributed by atoms with van der Waals surface area (Å²) < 4.78 is 39.7. The Hall–Kier alpha value is -2.41. The van der Waals surface area contributed by atoms with E-state index in [2.05, 4.69) is 10.0 Å². The summed E-state index contributed by atoms with van der Waals surface area (Å²) in [5.74, 6) is -0.751. The molecule has 2 rings (SSSR count).